The third kappa shape index (κ3) is 3.32. The van der Waals surface area contributed by atoms with Gasteiger partial charge in [-0.2, -0.15) is 0 Å². The maximum absolute atomic E-state index is 6.50. The van der Waals surface area contributed by atoms with Gasteiger partial charge < -0.3 is 14.8 Å². The van der Waals surface area contributed by atoms with E-state index in [0.717, 1.165) is 54.9 Å². The Kier molecular flexibility index (Phi) is 4.55. The number of nitrogens with zero attached hydrogens (tertiary/aromatic N) is 1. The molecule has 1 fully saturated rings. The van der Waals surface area contributed by atoms with Crippen molar-refractivity contribution in [2.75, 3.05) is 20.2 Å². The summed E-state index contributed by atoms with van der Waals surface area (Å²) in [5.74, 6) is 0.975. The standard InChI is InChI=1S/C21H24N2O2/c1-24-15-17-8-7-16(14-23-17)19-13-21(9-4-11-22-12-10-21)25-20-6-3-2-5-18(19)20/h2-3,5-8,13-14,22H,4,9-12,15H2,1H3. The van der Waals surface area contributed by atoms with E-state index >= 15 is 0 Å². The Morgan fingerprint density at radius 2 is 2.08 bits per heavy atom. The Hall–Kier alpha value is -2.17. The molecule has 4 rings (SSSR count). The minimum Gasteiger partial charge on any atom is -0.482 e. The van der Waals surface area contributed by atoms with Crippen LogP contribution < -0.4 is 10.1 Å². The molecule has 0 amide bonds. The van der Waals surface area contributed by atoms with Crippen LogP contribution in [-0.4, -0.2) is 30.8 Å². The molecule has 1 atom stereocenters. The molecule has 2 aliphatic rings. The Balaban J connectivity index is 1.77. The minimum atomic E-state index is -0.224. The highest BCUT2D eigenvalue weighted by Crippen LogP contribution is 2.42. The first-order valence-electron chi connectivity index (χ1n) is 8.96. The van der Waals surface area contributed by atoms with Crippen LogP contribution in [0.25, 0.3) is 5.57 Å². The Labute approximate surface area is 148 Å². The number of pyridine rings is 1. The molecule has 0 bridgehead atoms. The van der Waals surface area contributed by atoms with Gasteiger partial charge in [0.05, 0.1) is 12.3 Å². The summed E-state index contributed by atoms with van der Waals surface area (Å²) in [7, 11) is 1.69. The summed E-state index contributed by atoms with van der Waals surface area (Å²) < 4.78 is 11.7. The maximum atomic E-state index is 6.50. The molecule has 1 spiro atoms. The summed E-state index contributed by atoms with van der Waals surface area (Å²) in [6.45, 7) is 2.58. The Morgan fingerprint density at radius 1 is 1.16 bits per heavy atom. The van der Waals surface area contributed by atoms with E-state index in [-0.39, 0.29) is 5.60 Å². The van der Waals surface area contributed by atoms with Crippen LogP contribution in [-0.2, 0) is 11.3 Å². The van der Waals surface area contributed by atoms with Crippen molar-refractivity contribution in [1.29, 1.82) is 0 Å². The lowest BCUT2D eigenvalue weighted by Gasteiger charge is -2.36. The van der Waals surface area contributed by atoms with E-state index in [4.69, 9.17) is 9.47 Å². The first-order chi connectivity index (χ1) is 12.3. The van der Waals surface area contributed by atoms with Crippen LogP contribution >= 0.6 is 0 Å². The van der Waals surface area contributed by atoms with E-state index < -0.39 is 0 Å². The maximum Gasteiger partial charge on any atom is 0.129 e. The summed E-state index contributed by atoms with van der Waals surface area (Å²) in [6.07, 6.45) is 7.42. The van der Waals surface area contributed by atoms with E-state index in [2.05, 4.69) is 40.6 Å². The van der Waals surface area contributed by atoms with Gasteiger partial charge in [0.2, 0.25) is 0 Å². The Bertz CT molecular complexity index is 760. The summed E-state index contributed by atoms with van der Waals surface area (Å²) in [5.41, 5.74) is 4.22. The van der Waals surface area contributed by atoms with Crippen molar-refractivity contribution in [2.24, 2.45) is 0 Å². The van der Waals surface area contributed by atoms with Gasteiger partial charge in [-0.15, -0.1) is 0 Å². The highest BCUT2D eigenvalue weighted by atomic mass is 16.5. The third-order valence-corrected chi connectivity index (χ3v) is 5.00. The predicted octanol–water partition coefficient (Wildman–Crippen LogP) is 3.56. The Morgan fingerprint density at radius 3 is 2.92 bits per heavy atom. The normalized spacial score (nSPS) is 22.7. The van der Waals surface area contributed by atoms with Crippen LogP contribution in [0, 0.1) is 0 Å². The molecule has 2 aromatic rings. The number of benzene rings is 1. The zero-order chi connectivity index (χ0) is 17.1. The lowest BCUT2D eigenvalue weighted by molar-refractivity contribution is 0.103. The van der Waals surface area contributed by atoms with Gasteiger partial charge in [-0.05, 0) is 49.7 Å². The molecule has 4 nitrogen and oxygen atoms in total. The van der Waals surface area contributed by atoms with Crippen molar-refractivity contribution in [2.45, 2.75) is 31.5 Å². The fourth-order valence-electron chi connectivity index (χ4n) is 3.73. The average Bonchev–Trinajstić information content (AvgIpc) is 2.87. The zero-order valence-electron chi connectivity index (χ0n) is 14.6. The summed E-state index contributed by atoms with van der Waals surface area (Å²) >= 11 is 0. The zero-order valence-corrected chi connectivity index (χ0v) is 14.6. The van der Waals surface area contributed by atoms with Gasteiger partial charge in [0.15, 0.2) is 0 Å². The topological polar surface area (TPSA) is 43.4 Å². The molecule has 1 aromatic carbocycles. The van der Waals surface area contributed by atoms with E-state index in [1.807, 2.05) is 18.3 Å². The highest BCUT2D eigenvalue weighted by Gasteiger charge is 2.36. The van der Waals surface area contributed by atoms with Gasteiger partial charge in [-0.25, -0.2) is 0 Å². The smallest absolute Gasteiger partial charge is 0.129 e. The molecule has 25 heavy (non-hydrogen) atoms. The molecular formula is C21H24N2O2. The summed E-state index contributed by atoms with van der Waals surface area (Å²) in [5, 5.41) is 3.48. The fourth-order valence-corrected chi connectivity index (χ4v) is 3.73. The number of hydrogen-bond donors (Lipinski definition) is 1. The van der Waals surface area contributed by atoms with Gasteiger partial charge in [-0.3, -0.25) is 4.98 Å². The van der Waals surface area contributed by atoms with E-state index in [0.29, 0.717) is 6.61 Å². The lowest BCUT2D eigenvalue weighted by atomic mass is 9.85. The van der Waals surface area contributed by atoms with E-state index in [9.17, 15) is 0 Å². The first-order valence-corrected chi connectivity index (χ1v) is 8.96. The van der Waals surface area contributed by atoms with Crippen LogP contribution in [0.15, 0.2) is 48.7 Å². The monoisotopic (exact) mass is 336 g/mol. The molecule has 1 saturated heterocycles. The SMILES string of the molecule is COCc1ccc(C2=CC3(CCCNCC3)Oc3ccccc32)cn1. The second-order valence-corrected chi connectivity index (χ2v) is 6.80. The molecular weight excluding hydrogens is 312 g/mol. The summed E-state index contributed by atoms with van der Waals surface area (Å²) in [4.78, 5) is 4.55. The molecule has 1 aromatic heterocycles. The van der Waals surface area contributed by atoms with Crippen molar-refractivity contribution >= 4 is 5.57 Å². The highest BCUT2D eigenvalue weighted by molar-refractivity contribution is 5.84. The van der Waals surface area contributed by atoms with Gasteiger partial charge in [0.25, 0.3) is 0 Å². The quantitative estimate of drug-likeness (QED) is 0.931. The van der Waals surface area contributed by atoms with Gasteiger partial charge >= 0.3 is 0 Å². The number of nitrogens with one attached hydrogen (secondary N) is 1. The lowest BCUT2D eigenvalue weighted by Crippen LogP contribution is -2.37. The molecule has 130 valence electrons. The van der Waals surface area contributed by atoms with Crippen molar-refractivity contribution in [3.8, 4) is 5.75 Å². The predicted molar refractivity (Wildman–Crippen MR) is 98.6 cm³/mol. The summed E-state index contributed by atoms with van der Waals surface area (Å²) in [6, 6.07) is 12.5. The van der Waals surface area contributed by atoms with Crippen molar-refractivity contribution in [1.82, 2.24) is 10.3 Å². The first kappa shape index (κ1) is 16.3. The number of ether oxygens (including phenoxy) is 2. The van der Waals surface area contributed by atoms with Crippen molar-refractivity contribution < 1.29 is 9.47 Å². The number of rotatable bonds is 3. The molecule has 4 heteroatoms. The van der Waals surface area contributed by atoms with Gasteiger partial charge in [-0.1, -0.05) is 24.3 Å². The van der Waals surface area contributed by atoms with Crippen LogP contribution in [0.4, 0.5) is 0 Å². The molecule has 0 radical (unpaired) electrons. The van der Waals surface area contributed by atoms with E-state index in [1.165, 1.54) is 5.57 Å². The van der Waals surface area contributed by atoms with Crippen molar-refractivity contribution in [3.05, 3.63) is 65.5 Å². The van der Waals surface area contributed by atoms with Crippen LogP contribution in [0.1, 0.15) is 36.1 Å². The molecule has 1 N–H and O–H groups in total. The van der Waals surface area contributed by atoms with E-state index in [1.54, 1.807) is 7.11 Å². The fraction of sp³-hybridized carbons (Fsp3) is 0.381. The van der Waals surface area contributed by atoms with Crippen molar-refractivity contribution in [3.63, 3.8) is 0 Å². The molecule has 0 saturated carbocycles. The van der Waals surface area contributed by atoms with Crippen LogP contribution in [0.2, 0.25) is 0 Å². The number of hydrogen-bond acceptors (Lipinski definition) is 4. The second-order valence-electron chi connectivity index (χ2n) is 6.80. The van der Waals surface area contributed by atoms with Gasteiger partial charge in [0, 0.05) is 30.9 Å². The molecule has 3 heterocycles. The van der Waals surface area contributed by atoms with Crippen LogP contribution in [0.5, 0.6) is 5.75 Å². The minimum absolute atomic E-state index is 0.224. The van der Waals surface area contributed by atoms with Gasteiger partial charge in [0.1, 0.15) is 11.4 Å². The number of fused-ring (bicyclic) bond motifs is 1. The molecule has 1 unspecified atom stereocenters. The second kappa shape index (κ2) is 6.98. The number of para-hydroxylation sites is 1. The molecule has 2 aliphatic heterocycles. The molecule has 0 aliphatic carbocycles. The number of aromatic nitrogens is 1. The van der Waals surface area contributed by atoms with Crippen LogP contribution in [0.3, 0.4) is 0 Å². The number of methoxy groups -OCH3 is 1. The average molecular weight is 336 g/mol. The largest absolute Gasteiger partial charge is 0.482 e. The third-order valence-electron chi connectivity index (χ3n) is 5.00.